The molecule has 2 rings (SSSR count). The summed E-state index contributed by atoms with van der Waals surface area (Å²) < 4.78 is 0. The summed E-state index contributed by atoms with van der Waals surface area (Å²) in [6.07, 6.45) is 0. The zero-order valence-corrected chi connectivity index (χ0v) is 15.5. The molecule has 2 aromatic rings. The fourth-order valence-electron chi connectivity index (χ4n) is 2.27. The first-order valence-corrected chi connectivity index (χ1v) is 8.51. The maximum atomic E-state index is 6.12. The molecule has 0 amide bonds. The number of halogens is 3. The molecule has 0 N–H and O–H groups in total. The maximum Gasteiger partial charge on any atom is 0.123 e. The highest BCUT2D eigenvalue weighted by atomic mass is 35.5. The molecule has 0 aliphatic heterocycles. The molecule has 0 spiro atoms. The van der Waals surface area contributed by atoms with Gasteiger partial charge in [0.05, 0.1) is 15.7 Å². The molecule has 0 saturated heterocycles. The lowest BCUT2D eigenvalue weighted by Crippen LogP contribution is -2.21. The van der Waals surface area contributed by atoms with E-state index >= 15 is 0 Å². The normalized spacial score (nSPS) is 11.2. The van der Waals surface area contributed by atoms with Crippen LogP contribution in [0.3, 0.4) is 0 Å². The van der Waals surface area contributed by atoms with Crippen LogP contribution in [0.2, 0.25) is 15.1 Å². The topological polar surface area (TPSA) is 28.0 Å². The highest BCUT2D eigenvalue weighted by molar-refractivity contribution is 6.41. The average Bonchev–Trinajstić information content (AvgIpc) is 2.49. The minimum absolute atomic E-state index is 0.378. The Bertz CT molecular complexity index is 702. The van der Waals surface area contributed by atoms with E-state index in [1.54, 1.807) is 12.1 Å². The molecule has 0 unspecified atom stereocenters. The molecule has 2 aromatic carbocycles. The molecular weight excluding hydrogens is 353 g/mol. The molecule has 0 atom stereocenters. The van der Waals surface area contributed by atoms with Gasteiger partial charge < -0.3 is 4.90 Å². The number of hydrogen-bond donors (Lipinski definition) is 0. The highest BCUT2D eigenvalue weighted by Crippen LogP contribution is 2.37. The minimum Gasteiger partial charge on any atom is -0.372 e. The quantitative estimate of drug-likeness (QED) is 0.511. The Balaban J connectivity index is 2.31. The molecule has 0 saturated carbocycles. The largest absolute Gasteiger partial charge is 0.372 e. The molecule has 0 radical (unpaired) electrons. The van der Waals surface area contributed by atoms with Crippen molar-refractivity contribution in [3.63, 3.8) is 0 Å². The van der Waals surface area contributed by atoms with Gasteiger partial charge in [0, 0.05) is 23.8 Å². The van der Waals surface area contributed by atoms with Crippen molar-refractivity contribution in [2.75, 3.05) is 18.0 Å². The summed E-state index contributed by atoms with van der Waals surface area (Å²) >= 11 is 18.1. The van der Waals surface area contributed by atoms with Gasteiger partial charge in [0.15, 0.2) is 0 Å². The molecule has 0 bridgehead atoms. The predicted octanol–water partition coefficient (Wildman–Crippen LogP) is 7.22. The smallest absolute Gasteiger partial charge is 0.123 e. The summed E-state index contributed by atoms with van der Waals surface area (Å²) in [5.74, 6) is 0. The van der Waals surface area contributed by atoms with Crippen molar-refractivity contribution >= 4 is 51.9 Å². The SMILES string of the molecule is CCN(CC)c1ccc(N=Nc2c(Cl)cc(Cl)cc2Cl)c(C)c1. The van der Waals surface area contributed by atoms with Crippen LogP contribution in [-0.2, 0) is 0 Å². The van der Waals surface area contributed by atoms with Gasteiger partial charge in [0.1, 0.15) is 5.69 Å². The van der Waals surface area contributed by atoms with E-state index < -0.39 is 0 Å². The number of benzene rings is 2. The van der Waals surface area contributed by atoms with E-state index in [1.807, 2.05) is 19.1 Å². The Morgan fingerprint density at radius 2 is 1.52 bits per heavy atom. The second-order valence-electron chi connectivity index (χ2n) is 5.06. The lowest BCUT2D eigenvalue weighted by Gasteiger charge is -2.21. The Morgan fingerprint density at radius 1 is 0.913 bits per heavy atom. The van der Waals surface area contributed by atoms with Gasteiger partial charge in [0.25, 0.3) is 0 Å². The summed E-state index contributed by atoms with van der Waals surface area (Å²) in [7, 11) is 0. The van der Waals surface area contributed by atoms with Gasteiger partial charge in [-0.2, -0.15) is 5.11 Å². The first-order valence-electron chi connectivity index (χ1n) is 7.38. The number of nitrogens with zero attached hydrogens (tertiary/aromatic N) is 3. The third-order valence-electron chi connectivity index (χ3n) is 3.55. The lowest BCUT2D eigenvalue weighted by atomic mass is 10.1. The Kier molecular flexibility index (Phi) is 6.28. The fraction of sp³-hybridized carbons (Fsp3) is 0.294. The molecule has 0 aromatic heterocycles. The number of rotatable bonds is 5. The van der Waals surface area contributed by atoms with Crippen LogP contribution >= 0.6 is 34.8 Å². The van der Waals surface area contributed by atoms with Gasteiger partial charge in [-0.25, -0.2) is 0 Å². The number of anilines is 1. The van der Waals surface area contributed by atoms with Crippen molar-refractivity contribution in [2.24, 2.45) is 10.2 Å². The lowest BCUT2D eigenvalue weighted by molar-refractivity contribution is 0.865. The van der Waals surface area contributed by atoms with Gasteiger partial charge in [-0.05, 0) is 56.7 Å². The van der Waals surface area contributed by atoms with Gasteiger partial charge in [-0.15, -0.1) is 5.11 Å². The van der Waals surface area contributed by atoms with Crippen LogP contribution in [0.5, 0.6) is 0 Å². The molecule has 3 nitrogen and oxygen atoms in total. The highest BCUT2D eigenvalue weighted by Gasteiger charge is 2.08. The van der Waals surface area contributed by atoms with Crippen molar-refractivity contribution in [1.82, 2.24) is 0 Å². The number of azo groups is 1. The Labute approximate surface area is 151 Å². The third-order valence-corrected chi connectivity index (χ3v) is 4.34. The standard InChI is InChI=1S/C17H18Cl3N3/c1-4-23(5-2)13-6-7-16(11(3)8-13)21-22-17-14(19)9-12(18)10-15(17)20/h6-10H,4-5H2,1-3H3. The van der Waals surface area contributed by atoms with Gasteiger partial charge in [-0.1, -0.05) is 34.8 Å². The monoisotopic (exact) mass is 369 g/mol. The van der Waals surface area contributed by atoms with Crippen molar-refractivity contribution < 1.29 is 0 Å². The second kappa shape index (κ2) is 8.00. The number of aryl methyl sites for hydroxylation is 1. The van der Waals surface area contributed by atoms with Crippen LogP contribution < -0.4 is 4.90 Å². The van der Waals surface area contributed by atoms with Crippen LogP contribution in [-0.4, -0.2) is 13.1 Å². The van der Waals surface area contributed by atoms with Gasteiger partial charge in [0.2, 0.25) is 0 Å². The van der Waals surface area contributed by atoms with Gasteiger partial charge >= 0.3 is 0 Å². The van der Waals surface area contributed by atoms with E-state index in [0.29, 0.717) is 20.8 Å². The molecule has 23 heavy (non-hydrogen) atoms. The maximum absolute atomic E-state index is 6.12. The number of hydrogen-bond acceptors (Lipinski definition) is 3. The first kappa shape index (κ1) is 18.1. The fourth-order valence-corrected chi connectivity index (χ4v) is 3.16. The van der Waals surface area contributed by atoms with Crippen molar-refractivity contribution in [1.29, 1.82) is 0 Å². The minimum atomic E-state index is 0.378. The Hall–Kier alpha value is -1.29. The summed E-state index contributed by atoms with van der Waals surface area (Å²) in [4.78, 5) is 2.28. The summed E-state index contributed by atoms with van der Waals surface area (Å²) in [6.45, 7) is 8.21. The van der Waals surface area contributed by atoms with E-state index in [1.165, 1.54) is 5.69 Å². The summed E-state index contributed by atoms with van der Waals surface area (Å²) in [6, 6.07) is 9.29. The van der Waals surface area contributed by atoms with E-state index in [2.05, 4.69) is 35.0 Å². The average molecular weight is 371 g/mol. The van der Waals surface area contributed by atoms with Crippen LogP contribution in [0.25, 0.3) is 0 Å². The van der Waals surface area contributed by atoms with Crippen LogP contribution in [0, 0.1) is 6.92 Å². The van der Waals surface area contributed by atoms with E-state index in [-0.39, 0.29) is 0 Å². The summed E-state index contributed by atoms with van der Waals surface area (Å²) in [5, 5.41) is 9.68. The molecule has 0 heterocycles. The molecular formula is C17H18Cl3N3. The molecule has 0 fully saturated rings. The van der Waals surface area contributed by atoms with Crippen molar-refractivity contribution in [3.05, 3.63) is 51.0 Å². The van der Waals surface area contributed by atoms with Crippen molar-refractivity contribution in [3.8, 4) is 0 Å². The second-order valence-corrected chi connectivity index (χ2v) is 6.31. The zero-order chi connectivity index (χ0) is 17.0. The van der Waals surface area contributed by atoms with Crippen LogP contribution in [0.15, 0.2) is 40.6 Å². The van der Waals surface area contributed by atoms with E-state index in [9.17, 15) is 0 Å². The summed E-state index contributed by atoms with van der Waals surface area (Å²) in [5.41, 5.74) is 3.42. The molecule has 0 aliphatic carbocycles. The molecule has 0 aliphatic rings. The van der Waals surface area contributed by atoms with Crippen molar-refractivity contribution in [2.45, 2.75) is 20.8 Å². The molecule has 122 valence electrons. The third kappa shape index (κ3) is 4.37. The predicted molar refractivity (Wildman–Crippen MR) is 100 cm³/mol. The molecule has 6 heteroatoms. The van der Waals surface area contributed by atoms with E-state index in [0.717, 1.165) is 24.3 Å². The van der Waals surface area contributed by atoms with Crippen LogP contribution in [0.4, 0.5) is 17.1 Å². The van der Waals surface area contributed by atoms with E-state index in [4.69, 9.17) is 34.8 Å². The van der Waals surface area contributed by atoms with Gasteiger partial charge in [-0.3, -0.25) is 0 Å². The first-order chi connectivity index (χ1) is 11.0. The Morgan fingerprint density at radius 3 is 2.04 bits per heavy atom. The van der Waals surface area contributed by atoms with Crippen LogP contribution in [0.1, 0.15) is 19.4 Å². The zero-order valence-electron chi connectivity index (χ0n) is 13.3.